The number of nitrogens with zero attached hydrogens (tertiary/aromatic N) is 1. The van der Waals surface area contributed by atoms with Crippen LogP contribution in [0.25, 0.3) is 0 Å². The minimum absolute atomic E-state index is 0.00222. The lowest BCUT2D eigenvalue weighted by Gasteiger charge is -2.36. The third-order valence-corrected chi connectivity index (χ3v) is 5.00. The summed E-state index contributed by atoms with van der Waals surface area (Å²) in [5.74, 6) is -2.41. The molecule has 0 saturated carbocycles. The number of nitrogens with one attached hydrogen (secondary N) is 1. The number of fused-ring (bicyclic) bond motifs is 1. The van der Waals surface area contributed by atoms with Gasteiger partial charge in [0.1, 0.15) is 6.04 Å². The molecule has 0 spiro atoms. The molecule has 1 unspecified atom stereocenters. The van der Waals surface area contributed by atoms with Crippen LogP contribution in [0.5, 0.6) is 0 Å². The molecule has 0 aromatic heterocycles. The Labute approximate surface area is 152 Å². The Hall–Kier alpha value is -2.42. The van der Waals surface area contributed by atoms with Crippen molar-refractivity contribution < 1.29 is 27.5 Å². The van der Waals surface area contributed by atoms with E-state index in [1.807, 2.05) is 13.8 Å². The number of hydrogen-bond donors (Lipinski definition) is 1. The monoisotopic (exact) mass is 382 g/mol. The molecule has 2 rings (SSSR count). The van der Waals surface area contributed by atoms with E-state index in [1.165, 1.54) is 18.2 Å². The highest BCUT2D eigenvalue weighted by atomic mass is 32.2. The van der Waals surface area contributed by atoms with Gasteiger partial charge in [0.05, 0.1) is 22.9 Å². The molecule has 0 aliphatic carbocycles. The minimum Gasteiger partial charge on any atom is -0.459 e. The Kier molecular flexibility index (Phi) is 5.70. The van der Waals surface area contributed by atoms with Gasteiger partial charge in [0.25, 0.3) is 0 Å². The minimum atomic E-state index is -3.50. The fourth-order valence-electron chi connectivity index (χ4n) is 2.76. The molecule has 0 bridgehead atoms. The molecule has 1 atom stereocenters. The van der Waals surface area contributed by atoms with Gasteiger partial charge in [0.15, 0.2) is 9.84 Å². The van der Waals surface area contributed by atoms with Gasteiger partial charge in [-0.2, -0.15) is 0 Å². The first-order valence-electron chi connectivity index (χ1n) is 8.21. The van der Waals surface area contributed by atoms with Crippen LogP contribution in [0.15, 0.2) is 23.1 Å². The van der Waals surface area contributed by atoms with Crippen LogP contribution in [0.3, 0.4) is 0 Å². The van der Waals surface area contributed by atoms with Crippen molar-refractivity contribution in [2.45, 2.75) is 38.1 Å². The van der Waals surface area contributed by atoms with E-state index in [-0.39, 0.29) is 28.8 Å². The summed E-state index contributed by atoms with van der Waals surface area (Å²) in [5.41, 5.74) is 0.427. The van der Waals surface area contributed by atoms with E-state index in [9.17, 15) is 22.8 Å². The van der Waals surface area contributed by atoms with Crippen LogP contribution in [0.4, 0.5) is 11.4 Å². The standard InChI is InChI=1S/C17H22N2O6S/c1-5-25-17(22)16(21)19-13-7-6-11(26(4,23)24)9-12(13)18-15(20)14(19)8-10(2)3/h6-7,9-10,14H,5,8H2,1-4H3,(H,18,20). The number of hydrogen-bond acceptors (Lipinski definition) is 6. The molecule has 9 heteroatoms. The predicted octanol–water partition coefficient (Wildman–Crippen LogP) is 1.35. The number of anilines is 2. The lowest BCUT2D eigenvalue weighted by atomic mass is 9.98. The Morgan fingerprint density at radius 2 is 1.96 bits per heavy atom. The molecular formula is C17H22N2O6S. The van der Waals surface area contributed by atoms with Crippen LogP contribution in [0.1, 0.15) is 27.2 Å². The maximum absolute atomic E-state index is 12.6. The number of rotatable bonds is 4. The molecule has 1 N–H and O–H groups in total. The number of esters is 1. The first-order valence-corrected chi connectivity index (χ1v) is 10.1. The lowest BCUT2D eigenvalue weighted by Crippen LogP contribution is -2.54. The van der Waals surface area contributed by atoms with Crippen molar-refractivity contribution in [2.24, 2.45) is 5.92 Å². The Bertz CT molecular complexity index is 847. The highest BCUT2D eigenvalue weighted by Crippen LogP contribution is 2.36. The van der Waals surface area contributed by atoms with Crippen molar-refractivity contribution in [3.05, 3.63) is 18.2 Å². The molecule has 0 fully saturated rings. The number of amides is 2. The van der Waals surface area contributed by atoms with E-state index in [2.05, 4.69) is 5.32 Å². The van der Waals surface area contributed by atoms with Gasteiger partial charge in [0.2, 0.25) is 5.91 Å². The maximum Gasteiger partial charge on any atom is 0.397 e. The van der Waals surface area contributed by atoms with Gasteiger partial charge < -0.3 is 10.1 Å². The SMILES string of the molecule is CCOC(=O)C(=O)N1c2ccc(S(C)(=O)=O)cc2NC(=O)C1CC(C)C. The van der Waals surface area contributed by atoms with Crippen molar-refractivity contribution >= 4 is 39.0 Å². The summed E-state index contributed by atoms with van der Waals surface area (Å²) in [5, 5.41) is 2.63. The molecule has 1 aromatic carbocycles. The highest BCUT2D eigenvalue weighted by molar-refractivity contribution is 7.90. The smallest absolute Gasteiger partial charge is 0.397 e. The fraction of sp³-hybridized carbons (Fsp3) is 0.471. The first-order chi connectivity index (χ1) is 12.1. The number of carbonyl (C=O) groups excluding carboxylic acids is 3. The van der Waals surface area contributed by atoms with Crippen molar-refractivity contribution in [3.8, 4) is 0 Å². The number of ether oxygens (including phenoxy) is 1. The van der Waals surface area contributed by atoms with E-state index >= 15 is 0 Å². The quantitative estimate of drug-likeness (QED) is 0.622. The van der Waals surface area contributed by atoms with Crippen LogP contribution < -0.4 is 10.2 Å². The summed E-state index contributed by atoms with van der Waals surface area (Å²) >= 11 is 0. The van der Waals surface area contributed by atoms with Crippen molar-refractivity contribution in [2.75, 3.05) is 23.1 Å². The van der Waals surface area contributed by atoms with Crippen LogP contribution in [-0.2, 0) is 29.0 Å². The lowest BCUT2D eigenvalue weighted by molar-refractivity contribution is -0.153. The highest BCUT2D eigenvalue weighted by Gasteiger charge is 2.40. The summed E-state index contributed by atoms with van der Waals surface area (Å²) in [6, 6.07) is 3.14. The third-order valence-electron chi connectivity index (χ3n) is 3.89. The molecule has 1 heterocycles. The molecule has 26 heavy (non-hydrogen) atoms. The molecule has 0 saturated heterocycles. The van der Waals surface area contributed by atoms with Crippen LogP contribution in [-0.4, -0.2) is 45.1 Å². The normalized spacial score (nSPS) is 16.9. The summed E-state index contributed by atoms with van der Waals surface area (Å²) in [6.07, 6.45) is 1.38. The van der Waals surface area contributed by atoms with E-state index in [1.54, 1.807) is 6.92 Å². The van der Waals surface area contributed by atoms with Gasteiger partial charge in [-0.1, -0.05) is 13.8 Å². The first kappa shape index (κ1) is 19.9. The topological polar surface area (TPSA) is 110 Å². The molecule has 1 aromatic rings. The zero-order chi connectivity index (χ0) is 19.6. The predicted molar refractivity (Wildman–Crippen MR) is 95.5 cm³/mol. The van der Waals surface area contributed by atoms with Gasteiger partial charge in [-0.05, 0) is 37.5 Å². The summed E-state index contributed by atoms with van der Waals surface area (Å²) in [4.78, 5) is 38.2. The van der Waals surface area contributed by atoms with Gasteiger partial charge >= 0.3 is 11.9 Å². The average Bonchev–Trinajstić information content (AvgIpc) is 2.53. The summed E-state index contributed by atoms with van der Waals surface area (Å²) in [6.45, 7) is 5.39. The Morgan fingerprint density at radius 3 is 2.50 bits per heavy atom. The van der Waals surface area contributed by atoms with E-state index in [4.69, 9.17) is 4.74 Å². The van der Waals surface area contributed by atoms with E-state index in [0.717, 1.165) is 11.2 Å². The molecule has 1 aliphatic heterocycles. The van der Waals surface area contributed by atoms with Crippen molar-refractivity contribution in [3.63, 3.8) is 0 Å². The van der Waals surface area contributed by atoms with Crippen LogP contribution >= 0.6 is 0 Å². The maximum atomic E-state index is 12.6. The summed E-state index contributed by atoms with van der Waals surface area (Å²) in [7, 11) is -3.50. The molecule has 8 nitrogen and oxygen atoms in total. The average molecular weight is 382 g/mol. The van der Waals surface area contributed by atoms with Crippen LogP contribution in [0, 0.1) is 5.92 Å². The molecule has 0 radical (unpaired) electrons. The second-order valence-electron chi connectivity index (χ2n) is 6.48. The van der Waals surface area contributed by atoms with Crippen molar-refractivity contribution in [1.82, 2.24) is 0 Å². The van der Waals surface area contributed by atoms with Gasteiger partial charge in [-0.3, -0.25) is 14.5 Å². The zero-order valence-electron chi connectivity index (χ0n) is 15.1. The molecular weight excluding hydrogens is 360 g/mol. The van der Waals surface area contributed by atoms with Gasteiger partial charge in [-0.25, -0.2) is 13.2 Å². The van der Waals surface area contributed by atoms with E-state index in [0.29, 0.717) is 6.42 Å². The van der Waals surface area contributed by atoms with Crippen LogP contribution in [0.2, 0.25) is 0 Å². The Morgan fingerprint density at radius 1 is 1.31 bits per heavy atom. The molecule has 2 amide bonds. The molecule has 1 aliphatic rings. The van der Waals surface area contributed by atoms with Gasteiger partial charge in [0, 0.05) is 6.26 Å². The largest absolute Gasteiger partial charge is 0.459 e. The number of sulfone groups is 1. The third kappa shape index (κ3) is 4.04. The van der Waals surface area contributed by atoms with Crippen molar-refractivity contribution in [1.29, 1.82) is 0 Å². The van der Waals surface area contributed by atoms with E-state index < -0.39 is 33.7 Å². The number of benzene rings is 1. The number of carbonyl (C=O) groups is 3. The zero-order valence-corrected chi connectivity index (χ0v) is 15.9. The summed E-state index contributed by atoms with van der Waals surface area (Å²) < 4.78 is 28.3. The molecule has 142 valence electrons. The fourth-order valence-corrected chi connectivity index (χ4v) is 3.41. The second-order valence-corrected chi connectivity index (χ2v) is 8.50. The Balaban J connectivity index is 2.57. The second kappa shape index (κ2) is 7.45. The van der Waals surface area contributed by atoms with Gasteiger partial charge in [-0.15, -0.1) is 0 Å².